The topological polar surface area (TPSA) is 111 Å². The Morgan fingerprint density at radius 3 is 2.38 bits per heavy atom. The van der Waals surface area contributed by atoms with Crippen LogP contribution in [0.15, 0.2) is 72.3 Å². The first kappa shape index (κ1) is 22.6. The number of Topliss-reactive ketones (excluding diaryl/α,β-unsaturated/α-hetero) is 1. The van der Waals surface area contributed by atoms with Gasteiger partial charge in [-0.3, -0.25) is 14.5 Å². The molecule has 0 aliphatic carbocycles. The van der Waals surface area contributed by atoms with Crippen molar-refractivity contribution in [1.29, 1.82) is 5.26 Å². The van der Waals surface area contributed by atoms with Crippen molar-refractivity contribution in [3.05, 3.63) is 94.8 Å². The van der Waals surface area contributed by atoms with Gasteiger partial charge in [-0.25, -0.2) is 4.39 Å². The molecule has 34 heavy (non-hydrogen) atoms. The first-order valence-corrected chi connectivity index (χ1v) is 10.4. The van der Waals surface area contributed by atoms with E-state index in [9.17, 15) is 24.2 Å². The number of benzene rings is 3. The molecule has 0 radical (unpaired) electrons. The minimum Gasteiger partial charge on any atom is -0.507 e. The molecular formula is C26H19FN2O5. The van der Waals surface area contributed by atoms with Crippen LogP contribution in [0.25, 0.3) is 5.76 Å². The zero-order valence-electron chi connectivity index (χ0n) is 18.0. The molecule has 4 rings (SSSR count). The molecule has 0 aromatic heterocycles. The van der Waals surface area contributed by atoms with E-state index in [1.165, 1.54) is 59.5 Å². The molecule has 1 heterocycles. The fourth-order valence-electron chi connectivity index (χ4n) is 3.85. The van der Waals surface area contributed by atoms with E-state index in [4.69, 9.17) is 10.00 Å². The van der Waals surface area contributed by atoms with Crippen molar-refractivity contribution < 1.29 is 28.9 Å². The molecule has 0 spiro atoms. The van der Waals surface area contributed by atoms with E-state index in [1.807, 2.05) is 6.07 Å². The third-order valence-corrected chi connectivity index (χ3v) is 5.44. The van der Waals surface area contributed by atoms with Gasteiger partial charge in [0, 0.05) is 11.3 Å². The molecule has 3 aromatic rings. The number of rotatable bonds is 5. The molecule has 1 aliphatic heterocycles. The largest absolute Gasteiger partial charge is 0.507 e. The molecule has 1 saturated heterocycles. The maximum absolute atomic E-state index is 13.4. The number of nitriles is 1. The van der Waals surface area contributed by atoms with Crippen molar-refractivity contribution >= 4 is 23.1 Å². The van der Waals surface area contributed by atoms with Crippen molar-refractivity contribution in [1.82, 2.24) is 0 Å². The number of halogens is 1. The Balaban J connectivity index is 1.94. The molecule has 3 aromatic carbocycles. The van der Waals surface area contributed by atoms with Crippen LogP contribution in [0, 0.1) is 17.1 Å². The van der Waals surface area contributed by atoms with E-state index >= 15 is 0 Å². The van der Waals surface area contributed by atoms with Gasteiger partial charge in [-0.2, -0.15) is 5.26 Å². The van der Waals surface area contributed by atoms with Gasteiger partial charge in [0.05, 0.1) is 29.9 Å². The van der Waals surface area contributed by atoms with Crippen LogP contribution in [0.3, 0.4) is 0 Å². The number of phenols is 1. The number of nitrogens with zero attached hydrogens (tertiary/aromatic N) is 2. The number of ketones is 1. The van der Waals surface area contributed by atoms with Gasteiger partial charge in [0.2, 0.25) is 0 Å². The molecule has 8 heteroatoms. The lowest BCUT2D eigenvalue weighted by Crippen LogP contribution is -2.29. The van der Waals surface area contributed by atoms with E-state index in [2.05, 4.69) is 0 Å². The monoisotopic (exact) mass is 458 g/mol. The summed E-state index contributed by atoms with van der Waals surface area (Å²) in [6.07, 6.45) is 0. The highest BCUT2D eigenvalue weighted by Crippen LogP contribution is 2.44. The second kappa shape index (κ2) is 9.08. The standard InChI is InChI=1S/C26H19FN2O5/c1-2-34-21-13-17(7-12-20(21)30)23-22(24(31)16-5-8-18(27)9-6-16)25(32)26(33)29(23)19-10-3-15(14-28)4-11-19/h3-13,23,30-31H,2H2,1H3/b24-22-. The average molecular weight is 458 g/mol. The predicted molar refractivity (Wildman–Crippen MR) is 122 cm³/mol. The Hall–Kier alpha value is -4.64. The Morgan fingerprint density at radius 1 is 1.09 bits per heavy atom. The highest BCUT2D eigenvalue weighted by molar-refractivity contribution is 6.51. The fourth-order valence-corrected chi connectivity index (χ4v) is 3.85. The maximum atomic E-state index is 13.4. The summed E-state index contributed by atoms with van der Waals surface area (Å²) in [6, 6.07) is 16.2. The zero-order chi connectivity index (χ0) is 24.4. The van der Waals surface area contributed by atoms with Crippen molar-refractivity contribution in [2.24, 2.45) is 0 Å². The minimum atomic E-state index is -1.07. The number of aliphatic hydroxyl groups is 1. The van der Waals surface area contributed by atoms with Gasteiger partial charge in [-0.05, 0) is 73.2 Å². The van der Waals surface area contributed by atoms with Crippen molar-refractivity contribution in [2.75, 3.05) is 11.5 Å². The third kappa shape index (κ3) is 3.95. The molecule has 1 aliphatic rings. The average Bonchev–Trinajstić information content (AvgIpc) is 3.11. The van der Waals surface area contributed by atoms with Crippen LogP contribution in [-0.2, 0) is 9.59 Å². The van der Waals surface area contributed by atoms with Crippen LogP contribution in [0.2, 0.25) is 0 Å². The number of carbonyl (C=O) groups is 2. The normalized spacial score (nSPS) is 17.0. The lowest BCUT2D eigenvalue weighted by Gasteiger charge is -2.26. The SMILES string of the molecule is CCOc1cc(C2/C(=C(/O)c3ccc(F)cc3)C(=O)C(=O)N2c2ccc(C#N)cc2)ccc1O. The number of ether oxygens (including phenoxy) is 1. The summed E-state index contributed by atoms with van der Waals surface area (Å²) in [6.45, 7) is 2.01. The number of carbonyl (C=O) groups excluding carboxylic acids is 2. The van der Waals surface area contributed by atoms with Crippen LogP contribution < -0.4 is 9.64 Å². The molecule has 170 valence electrons. The van der Waals surface area contributed by atoms with Gasteiger partial charge in [0.15, 0.2) is 11.5 Å². The van der Waals surface area contributed by atoms with Crippen LogP contribution in [0.4, 0.5) is 10.1 Å². The lowest BCUT2D eigenvalue weighted by molar-refractivity contribution is -0.132. The van der Waals surface area contributed by atoms with Gasteiger partial charge in [-0.15, -0.1) is 0 Å². The van der Waals surface area contributed by atoms with Crippen LogP contribution >= 0.6 is 0 Å². The Morgan fingerprint density at radius 2 is 1.76 bits per heavy atom. The highest BCUT2D eigenvalue weighted by atomic mass is 19.1. The summed E-state index contributed by atoms with van der Waals surface area (Å²) in [4.78, 5) is 27.5. The molecule has 1 unspecified atom stereocenters. The molecule has 1 atom stereocenters. The number of hydrogen-bond acceptors (Lipinski definition) is 6. The Labute approximate surface area is 194 Å². The number of amides is 1. The highest BCUT2D eigenvalue weighted by Gasteiger charge is 2.47. The van der Waals surface area contributed by atoms with Gasteiger partial charge < -0.3 is 14.9 Å². The summed E-state index contributed by atoms with van der Waals surface area (Å²) >= 11 is 0. The third-order valence-electron chi connectivity index (χ3n) is 5.44. The summed E-state index contributed by atoms with van der Waals surface area (Å²) in [7, 11) is 0. The van der Waals surface area contributed by atoms with Gasteiger partial charge in [0.1, 0.15) is 11.6 Å². The first-order chi connectivity index (χ1) is 16.3. The van der Waals surface area contributed by atoms with E-state index in [-0.39, 0.29) is 29.2 Å². The summed E-state index contributed by atoms with van der Waals surface area (Å²) in [5, 5.41) is 30.3. The van der Waals surface area contributed by atoms with Crippen molar-refractivity contribution in [3.63, 3.8) is 0 Å². The fraction of sp³-hybridized carbons (Fsp3) is 0.115. The molecule has 2 N–H and O–H groups in total. The molecule has 1 fully saturated rings. The van der Waals surface area contributed by atoms with Crippen LogP contribution in [-0.4, -0.2) is 28.5 Å². The van der Waals surface area contributed by atoms with Crippen molar-refractivity contribution in [3.8, 4) is 17.6 Å². The van der Waals surface area contributed by atoms with Gasteiger partial charge >= 0.3 is 0 Å². The van der Waals surface area contributed by atoms with E-state index in [0.29, 0.717) is 16.8 Å². The predicted octanol–water partition coefficient (Wildman–Crippen LogP) is 4.43. The summed E-state index contributed by atoms with van der Waals surface area (Å²) in [5.41, 5.74) is 1.05. The molecule has 0 saturated carbocycles. The van der Waals surface area contributed by atoms with Crippen molar-refractivity contribution in [2.45, 2.75) is 13.0 Å². The van der Waals surface area contributed by atoms with Crippen LogP contribution in [0.5, 0.6) is 11.5 Å². The number of phenolic OH excluding ortho intramolecular Hbond substituents is 1. The van der Waals surface area contributed by atoms with E-state index < -0.39 is 29.3 Å². The first-order valence-electron chi connectivity index (χ1n) is 10.4. The van der Waals surface area contributed by atoms with E-state index in [1.54, 1.807) is 6.92 Å². The lowest BCUT2D eigenvalue weighted by atomic mass is 9.94. The smallest absolute Gasteiger partial charge is 0.300 e. The van der Waals surface area contributed by atoms with Gasteiger partial charge in [-0.1, -0.05) is 6.07 Å². The number of anilines is 1. The van der Waals surface area contributed by atoms with Gasteiger partial charge in [0.25, 0.3) is 11.7 Å². The number of aliphatic hydroxyl groups excluding tert-OH is 1. The Kier molecular flexibility index (Phi) is 6.02. The molecule has 0 bridgehead atoms. The molecule has 7 nitrogen and oxygen atoms in total. The summed E-state index contributed by atoms with van der Waals surface area (Å²) in [5.74, 6) is -2.78. The van der Waals surface area contributed by atoms with Crippen LogP contribution in [0.1, 0.15) is 29.7 Å². The quantitative estimate of drug-likeness (QED) is 0.333. The maximum Gasteiger partial charge on any atom is 0.300 e. The zero-order valence-corrected chi connectivity index (χ0v) is 18.0. The number of aromatic hydroxyl groups is 1. The molecule has 1 amide bonds. The summed E-state index contributed by atoms with van der Waals surface area (Å²) < 4.78 is 18.9. The minimum absolute atomic E-state index is 0.126. The molecular weight excluding hydrogens is 439 g/mol. The number of hydrogen-bond donors (Lipinski definition) is 2. The second-order valence-corrected chi connectivity index (χ2v) is 7.49. The second-order valence-electron chi connectivity index (χ2n) is 7.49. The Bertz CT molecular complexity index is 1340. The van der Waals surface area contributed by atoms with E-state index in [0.717, 1.165) is 12.1 Å².